The molecule has 3 rings (SSSR count). The molecule has 2 nitrogen and oxygen atoms in total. The van der Waals surface area contributed by atoms with Gasteiger partial charge in [0.2, 0.25) is 0 Å². The summed E-state index contributed by atoms with van der Waals surface area (Å²) in [5, 5.41) is 2.56. The lowest BCUT2D eigenvalue weighted by molar-refractivity contribution is 0.507. The Hall–Kier alpha value is -1.41. The minimum Gasteiger partial charge on any atom is -0.327 e. The van der Waals surface area contributed by atoms with Crippen molar-refractivity contribution in [2.24, 2.45) is 5.73 Å². The number of rotatable bonds is 1. The summed E-state index contributed by atoms with van der Waals surface area (Å²) in [6.45, 7) is 0. The molecule has 2 heteroatoms. The summed E-state index contributed by atoms with van der Waals surface area (Å²) in [5.74, 6) is 0.478. The summed E-state index contributed by atoms with van der Waals surface area (Å²) in [7, 11) is 0. The third-order valence-electron chi connectivity index (χ3n) is 4.17. The summed E-state index contributed by atoms with van der Waals surface area (Å²) >= 11 is 0. The van der Waals surface area contributed by atoms with Crippen LogP contribution in [0.15, 0.2) is 36.7 Å². The molecular formula is C16H20N2. The second kappa shape index (κ2) is 5.07. The average molecular weight is 240 g/mol. The fourth-order valence-electron chi connectivity index (χ4n) is 3.16. The molecule has 1 aliphatic carbocycles. The Balaban J connectivity index is 2.07. The molecule has 0 bridgehead atoms. The lowest BCUT2D eigenvalue weighted by atomic mass is 9.86. The van der Waals surface area contributed by atoms with E-state index in [1.807, 2.05) is 12.4 Å². The largest absolute Gasteiger partial charge is 0.327 e. The first kappa shape index (κ1) is 11.7. The van der Waals surface area contributed by atoms with Gasteiger partial charge in [-0.05, 0) is 23.8 Å². The van der Waals surface area contributed by atoms with Gasteiger partial charge in [-0.15, -0.1) is 0 Å². The lowest BCUT2D eigenvalue weighted by Crippen LogP contribution is -2.27. The van der Waals surface area contributed by atoms with Crippen LogP contribution in [-0.4, -0.2) is 11.0 Å². The van der Waals surface area contributed by atoms with Gasteiger partial charge in [0.05, 0.1) is 0 Å². The first-order chi connectivity index (χ1) is 8.86. The smallest absolute Gasteiger partial charge is 0.0346 e. The van der Waals surface area contributed by atoms with E-state index in [1.54, 1.807) is 0 Å². The average Bonchev–Trinajstić information content (AvgIpc) is 2.63. The number of hydrogen-bond acceptors (Lipinski definition) is 2. The zero-order valence-corrected chi connectivity index (χ0v) is 10.7. The summed E-state index contributed by atoms with van der Waals surface area (Å²) in [4.78, 5) is 4.40. The van der Waals surface area contributed by atoms with Crippen molar-refractivity contribution in [1.82, 2.24) is 4.98 Å². The minimum absolute atomic E-state index is 0.292. The number of hydrogen-bond donors (Lipinski definition) is 1. The maximum atomic E-state index is 6.37. The Morgan fingerprint density at radius 1 is 1.00 bits per heavy atom. The Bertz CT molecular complexity index is 530. The SMILES string of the molecule is NC1CCCCCC1c1cncc2ccccc12. The Morgan fingerprint density at radius 2 is 1.83 bits per heavy atom. The number of aromatic nitrogens is 1. The van der Waals surface area contributed by atoms with Crippen LogP contribution in [0, 0.1) is 0 Å². The number of nitrogens with two attached hydrogens (primary N) is 1. The Morgan fingerprint density at radius 3 is 2.78 bits per heavy atom. The van der Waals surface area contributed by atoms with Gasteiger partial charge < -0.3 is 5.73 Å². The van der Waals surface area contributed by atoms with Crippen molar-refractivity contribution >= 4 is 10.8 Å². The van der Waals surface area contributed by atoms with Crippen LogP contribution in [0.4, 0.5) is 0 Å². The molecular weight excluding hydrogens is 220 g/mol. The van der Waals surface area contributed by atoms with Crippen LogP contribution in [0.2, 0.25) is 0 Å². The van der Waals surface area contributed by atoms with Crippen LogP contribution >= 0.6 is 0 Å². The standard InChI is InChI=1S/C16H20N2/c17-16-9-3-1-2-8-14(16)15-11-18-10-12-6-4-5-7-13(12)15/h4-7,10-11,14,16H,1-3,8-9,17H2. The third kappa shape index (κ3) is 2.13. The molecule has 94 valence electrons. The summed E-state index contributed by atoms with van der Waals surface area (Å²) in [5.41, 5.74) is 7.72. The Labute approximate surface area is 108 Å². The van der Waals surface area contributed by atoms with Gasteiger partial charge in [0.25, 0.3) is 0 Å². The topological polar surface area (TPSA) is 38.9 Å². The lowest BCUT2D eigenvalue weighted by Gasteiger charge is -2.22. The van der Waals surface area contributed by atoms with Crippen molar-refractivity contribution in [3.05, 3.63) is 42.2 Å². The molecule has 1 aromatic carbocycles. The zero-order chi connectivity index (χ0) is 12.4. The van der Waals surface area contributed by atoms with Gasteiger partial charge in [0.15, 0.2) is 0 Å². The van der Waals surface area contributed by atoms with Crippen molar-refractivity contribution in [2.75, 3.05) is 0 Å². The van der Waals surface area contributed by atoms with E-state index >= 15 is 0 Å². The van der Waals surface area contributed by atoms with Crippen molar-refractivity contribution in [1.29, 1.82) is 0 Å². The van der Waals surface area contributed by atoms with Crippen LogP contribution in [0.25, 0.3) is 10.8 Å². The predicted molar refractivity (Wildman–Crippen MR) is 75.5 cm³/mol. The first-order valence-corrected chi connectivity index (χ1v) is 6.94. The number of pyridine rings is 1. The van der Waals surface area contributed by atoms with Gasteiger partial charge in [-0.3, -0.25) is 4.98 Å². The second-order valence-corrected chi connectivity index (χ2v) is 5.36. The third-order valence-corrected chi connectivity index (χ3v) is 4.17. The molecule has 1 saturated carbocycles. The van der Waals surface area contributed by atoms with Gasteiger partial charge in [-0.25, -0.2) is 0 Å². The summed E-state index contributed by atoms with van der Waals surface area (Å²) in [6.07, 6.45) is 10.2. The molecule has 0 spiro atoms. The van der Waals surface area contributed by atoms with Crippen LogP contribution in [-0.2, 0) is 0 Å². The maximum absolute atomic E-state index is 6.37. The molecule has 1 aromatic heterocycles. The summed E-state index contributed by atoms with van der Waals surface area (Å²) < 4.78 is 0. The van der Waals surface area contributed by atoms with E-state index < -0.39 is 0 Å². The van der Waals surface area contributed by atoms with Crippen molar-refractivity contribution in [3.8, 4) is 0 Å². The molecule has 2 N–H and O–H groups in total. The minimum atomic E-state index is 0.292. The molecule has 1 heterocycles. The molecule has 1 fully saturated rings. The molecule has 18 heavy (non-hydrogen) atoms. The monoisotopic (exact) mass is 240 g/mol. The summed E-state index contributed by atoms with van der Waals surface area (Å²) in [6, 6.07) is 8.80. The zero-order valence-electron chi connectivity index (χ0n) is 10.7. The van der Waals surface area contributed by atoms with E-state index in [-0.39, 0.29) is 0 Å². The number of fused-ring (bicyclic) bond motifs is 1. The van der Waals surface area contributed by atoms with Crippen LogP contribution in [0.1, 0.15) is 43.6 Å². The highest BCUT2D eigenvalue weighted by Gasteiger charge is 2.23. The molecule has 0 amide bonds. The molecule has 2 unspecified atom stereocenters. The molecule has 0 radical (unpaired) electrons. The number of nitrogens with zero attached hydrogens (tertiary/aromatic N) is 1. The van der Waals surface area contributed by atoms with E-state index in [9.17, 15) is 0 Å². The first-order valence-electron chi connectivity index (χ1n) is 6.94. The molecule has 0 saturated heterocycles. The molecule has 2 atom stereocenters. The van der Waals surface area contributed by atoms with Crippen molar-refractivity contribution < 1.29 is 0 Å². The van der Waals surface area contributed by atoms with Gasteiger partial charge in [0, 0.05) is 29.7 Å². The Kier molecular flexibility index (Phi) is 3.28. The van der Waals surface area contributed by atoms with Crippen LogP contribution in [0.5, 0.6) is 0 Å². The van der Waals surface area contributed by atoms with Crippen LogP contribution in [0.3, 0.4) is 0 Å². The predicted octanol–water partition coefficient (Wildman–Crippen LogP) is 3.61. The van der Waals surface area contributed by atoms with E-state index in [0.717, 1.165) is 6.42 Å². The van der Waals surface area contributed by atoms with E-state index in [4.69, 9.17) is 5.73 Å². The highest BCUT2D eigenvalue weighted by molar-refractivity contribution is 5.85. The molecule has 0 aliphatic heterocycles. The number of benzene rings is 1. The molecule has 1 aliphatic rings. The van der Waals surface area contributed by atoms with Gasteiger partial charge in [-0.1, -0.05) is 43.5 Å². The normalized spacial score (nSPS) is 24.9. The van der Waals surface area contributed by atoms with Crippen LogP contribution < -0.4 is 5.73 Å². The van der Waals surface area contributed by atoms with E-state index in [0.29, 0.717) is 12.0 Å². The van der Waals surface area contributed by atoms with E-state index in [2.05, 4.69) is 29.2 Å². The van der Waals surface area contributed by atoms with Gasteiger partial charge >= 0.3 is 0 Å². The van der Waals surface area contributed by atoms with Crippen molar-refractivity contribution in [2.45, 2.75) is 44.1 Å². The van der Waals surface area contributed by atoms with E-state index in [1.165, 1.54) is 42.0 Å². The second-order valence-electron chi connectivity index (χ2n) is 5.36. The quantitative estimate of drug-likeness (QED) is 0.773. The maximum Gasteiger partial charge on any atom is 0.0346 e. The highest BCUT2D eigenvalue weighted by Crippen LogP contribution is 2.34. The van der Waals surface area contributed by atoms with Gasteiger partial charge in [0.1, 0.15) is 0 Å². The molecule has 2 aromatic rings. The fourth-order valence-corrected chi connectivity index (χ4v) is 3.16. The van der Waals surface area contributed by atoms with Crippen molar-refractivity contribution in [3.63, 3.8) is 0 Å². The fraction of sp³-hybridized carbons (Fsp3) is 0.438. The highest BCUT2D eigenvalue weighted by atomic mass is 14.7. The van der Waals surface area contributed by atoms with Gasteiger partial charge in [-0.2, -0.15) is 0 Å².